The molecular formula is C14H21NO4. The molecule has 1 rings (SSSR count). The Labute approximate surface area is 113 Å². The third-order valence-electron chi connectivity index (χ3n) is 2.60. The number of aliphatic hydroxyl groups excluding tert-OH is 1. The van der Waals surface area contributed by atoms with E-state index in [9.17, 15) is 0 Å². The summed E-state index contributed by atoms with van der Waals surface area (Å²) in [4.78, 5) is 0. The number of nitrogens with zero attached hydrogens (tertiary/aromatic N) is 1. The average molecular weight is 267 g/mol. The van der Waals surface area contributed by atoms with Crippen LogP contribution in [0.5, 0.6) is 5.75 Å². The summed E-state index contributed by atoms with van der Waals surface area (Å²) >= 11 is 0. The minimum atomic E-state index is 0.0330. The number of ether oxygens (including phenoxy) is 2. The number of aliphatic hydroxyl groups is 1. The molecule has 0 aliphatic heterocycles. The highest BCUT2D eigenvalue weighted by molar-refractivity contribution is 5.81. The van der Waals surface area contributed by atoms with Crippen molar-refractivity contribution in [2.75, 3.05) is 26.4 Å². The average Bonchev–Trinajstić information content (AvgIpc) is 2.45. The second-order valence-corrected chi connectivity index (χ2v) is 4.16. The van der Waals surface area contributed by atoms with Crippen LogP contribution in [0.2, 0.25) is 0 Å². The molecule has 5 heteroatoms. The predicted octanol–water partition coefficient (Wildman–Crippen LogP) is 1.86. The number of rotatable bonds is 9. The topological polar surface area (TPSA) is 71.3 Å². The van der Waals surface area contributed by atoms with Gasteiger partial charge in [0.15, 0.2) is 0 Å². The van der Waals surface area contributed by atoms with E-state index in [4.69, 9.17) is 19.8 Å². The molecule has 0 radical (unpaired) electrons. The van der Waals surface area contributed by atoms with Crippen molar-refractivity contribution >= 4 is 5.71 Å². The van der Waals surface area contributed by atoms with Gasteiger partial charge in [-0.3, -0.25) is 0 Å². The highest BCUT2D eigenvalue weighted by Crippen LogP contribution is 2.13. The first-order chi connectivity index (χ1) is 9.26. The fourth-order valence-corrected chi connectivity index (χ4v) is 1.51. The molecule has 0 aromatic heterocycles. The molecule has 19 heavy (non-hydrogen) atoms. The Balaban J connectivity index is 2.27. The lowest BCUT2D eigenvalue weighted by Crippen LogP contribution is -2.09. The molecule has 0 bridgehead atoms. The van der Waals surface area contributed by atoms with Crippen molar-refractivity contribution in [2.24, 2.45) is 5.16 Å². The van der Waals surface area contributed by atoms with Crippen LogP contribution >= 0.6 is 0 Å². The van der Waals surface area contributed by atoms with Crippen molar-refractivity contribution in [1.29, 1.82) is 0 Å². The molecule has 0 atom stereocenters. The highest BCUT2D eigenvalue weighted by Gasteiger charge is 1.98. The summed E-state index contributed by atoms with van der Waals surface area (Å²) in [5.41, 5.74) is 1.90. The minimum absolute atomic E-state index is 0.0330. The zero-order chi connectivity index (χ0) is 13.9. The maximum atomic E-state index is 8.56. The maximum absolute atomic E-state index is 8.56. The van der Waals surface area contributed by atoms with Gasteiger partial charge in [0.1, 0.15) is 12.4 Å². The Hall–Kier alpha value is -1.59. The van der Waals surface area contributed by atoms with Crippen LogP contribution in [0.15, 0.2) is 29.4 Å². The first-order valence-electron chi connectivity index (χ1n) is 6.34. The van der Waals surface area contributed by atoms with E-state index in [-0.39, 0.29) is 6.61 Å². The first kappa shape index (κ1) is 15.5. The van der Waals surface area contributed by atoms with E-state index in [1.807, 2.05) is 24.3 Å². The molecular weight excluding hydrogens is 246 g/mol. The Morgan fingerprint density at radius 3 is 2.53 bits per heavy atom. The number of hydrogen-bond acceptors (Lipinski definition) is 5. The lowest BCUT2D eigenvalue weighted by molar-refractivity contribution is 0.0705. The molecule has 106 valence electrons. The van der Waals surface area contributed by atoms with Gasteiger partial charge in [-0.05, 0) is 37.5 Å². The van der Waals surface area contributed by atoms with Crippen LogP contribution in [0.25, 0.3) is 0 Å². The Morgan fingerprint density at radius 1 is 1.16 bits per heavy atom. The van der Waals surface area contributed by atoms with Crippen molar-refractivity contribution in [3.63, 3.8) is 0 Å². The van der Waals surface area contributed by atoms with E-state index in [0.717, 1.165) is 24.3 Å². The predicted molar refractivity (Wildman–Crippen MR) is 73.1 cm³/mol. The molecule has 0 saturated carbocycles. The molecule has 0 amide bonds. The number of aryl methyl sites for hydroxylation is 1. The first-order valence-corrected chi connectivity index (χ1v) is 6.34. The quantitative estimate of drug-likeness (QED) is 0.310. The summed E-state index contributed by atoms with van der Waals surface area (Å²) in [5, 5.41) is 20.2. The standard InChI is InChI=1S/C14H21NO4/c1-12(15-17)2-3-13-4-6-14(7-5-13)19-11-10-18-9-8-16/h4-7,16-17H,2-3,8-11H2,1H3/b15-12+. The second-order valence-electron chi connectivity index (χ2n) is 4.16. The molecule has 2 N–H and O–H groups in total. The Bertz CT molecular complexity index is 376. The summed E-state index contributed by atoms with van der Waals surface area (Å²) in [6, 6.07) is 7.81. The van der Waals surface area contributed by atoms with Gasteiger partial charge in [-0.25, -0.2) is 0 Å². The molecule has 0 heterocycles. The van der Waals surface area contributed by atoms with Crippen LogP contribution in [0.4, 0.5) is 0 Å². The van der Waals surface area contributed by atoms with Crippen LogP contribution < -0.4 is 4.74 Å². The molecule has 1 aromatic rings. The van der Waals surface area contributed by atoms with Gasteiger partial charge in [-0.1, -0.05) is 17.3 Å². The van der Waals surface area contributed by atoms with Crippen LogP contribution in [0, 0.1) is 0 Å². The minimum Gasteiger partial charge on any atom is -0.491 e. The zero-order valence-corrected chi connectivity index (χ0v) is 11.2. The van der Waals surface area contributed by atoms with Crippen LogP contribution in [0.3, 0.4) is 0 Å². The summed E-state index contributed by atoms with van der Waals surface area (Å²) in [6.45, 7) is 3.10. The summed E-state index contributed by atoms with van der Waals surface area (Å²) in [5.74, 6) is 0.795. The second kappa shape index (κ2) is 9.35. The fourth-order valence-electron chi connectivity index (χ4n) is 1.51. The third-order valence-corrected chi connectivity index (χ3v) is 2.60. The normalized spacial score (nSPS) is 11.6. The van der Waals surface area contributed by atoms with Crippen molar-refractivity contribution in [1.82, 2.24) is 0 Å². The zero-order valence-electron chi connectivity index (χ0n) is 11.2. The van der Waals surface area contributed by atoms with E-state index in [0.29, 0.717) is 19.8 Å². The van der Waals surface area contributed by atoms with E-state index in [2.05, 4.69) is 5.16 Å². The lowest BCUT2D eigenvalue weighted by Gasteiger charge is -2.07. The van der Waals surface area contributed by atoms with Crippen molar-refractivity contribution in [3.05, 3.63) is 29.8 Å². The number of hydrogen-bond donors (Lipinski definition) is 2. The van der Waals surface area contributed by atoms with Crippen LogP contribution in [-0.2, 0) is 11.2 Å². The largest absolute Gasteiger partial charge is 0.491 e. The molecule has 0 saturated heterocycles. The highest BCUT2D eigenvalue weighted by atomic mass is 16.5. The molecule has 0 spiro atoms. The van der Waals surface area contributed by atoms with E-state index < -0.39 is 0 Å². The smallest absolute Gasteiger partial charge is 0.119 e. The van der Waals surface area contributed by atoms with Gasteiger partial charge in [0.05, 0.1) is 25.5 Å². The summed E-state index contributed by atoms with van der Waals surface area (Å²) in [7, 11) is 0. The van der Waals surface area contributed by atoms with Gasteiger partial charge in [-0.15, -0.1) is 0 Å². The lowest BCUT2D eigenvalue weighted by atomic mass is 10.1. The number of oxime groups is 1. The van der Waals surface area contributed by atoms with Crippen LogP contribution in [0.1, 0.15) is 18.9 Å². The molecule has 0 unspecified atom stereocenters. The van der Waals surface area contributed by atoms with Gasteiger partial charge in [0, 0.05) is 0 Å². The Kier molecular flexibility index (Phi) is 7.62. The van der Waals surface area contributed by atoms with Crippen molar-refractivity contribution in [2.45, 2.75) is 19.8 Å². The van der Waals surface area contributed by atoms with Gasteiger partial charge in [0.2, 0.25) is 0 Å². The van der Waals surface area contributed by atoms with Gasteiger partial charge in [-0.2, -0.15) is 0 Å². The molecule has 5 nitrogen and oxygen atoms in total. The molecule has 0 aliphatic carbocycles. The number of benzene rings is 1. The van der Waals surface area contributed by atoms with E-state index in [1.165, 1.54) is 5.56 Å². The van der Waals surface area contributed by atoms with Gasteiger partial charge >= 0.3 is 0 Å². The molecule has 0 aliphatic rings. The Morgan fingerprint density at radius 2 is 1.89 bits per heavy atom. The summed E-state index contributed by atoms with van der Waals surface area (Å²) < 4.78 is 10.6. The van der Waals surface area contributed by atoms with Gasteiger partial charge < -0.3 is 19.8 Å². The van der Waals surface area contributed by atoms with Crippen molar-refractivity contribution < 1.29 is 19.8 Å². The maximum Gasteiger partial charge on any atom is 0.119 e. The fraction of sp³-hybridized carbons (Fsp3) is 0.500. The van der Waals surface area contributed by atoms with Gasteiger partial charge in [0.25, 0.3) is 0 Å². The van der Waals surface area contributed by atoms with E-state index in [1.54, 1.807) is 6.92 Å². The molecule has 1 aromatic carbocycles. The van der Waals surface area contributed by atoms with Crippen molar-refractivity contribution in [3.8, 4) is 5.75 Å². The summed E-state index contributed by atoms with van der Waals surface area (Å²) in [6.07, 6.45) is 1.58. The SMILES string of the molecule is C/C(CCc1ccc(OCCOCCO)cc1)=N\O. The monoisotopic (exact) mass is 267 g/mol. The third kappa shape index (κ3) is 6.79. The van der Waals surface area contributed by atoms with E-state index >= 15 is 0 Å². The van der Waals surface area contributed by atoms with Crippen LogP contribution in [-0.4, -0.2) is 42.5 Å². The molecule has 0 fully saturated rings.